The van der Waals surface area contributed by atoms with E-state index in [1.807, 2.05) is 25.8 Å². The molecule has 0 aliphatic rings. The summed E-state index contributed by atoms with van der Waals surface area (Å²) in [6, 6.07) is 1.23. The Morgan fingerprint density at radius 3 is 2.19 bits per heavy atom. The summed E-state index contributed by atoms with van der Waals surface area (Å²) in [5, 5.41) is 5.12. The predicted octanol–water partition coefficient (Wildman–Crippen LogP) is -0.149. The first-order chi connectivity index (χ1) is 9.70. The summed E-state index contributed by atoms with van der Waals surface area (Å²) in [6.07, 6.45) is 1.09. The molecule has 21 heavy (non-hydrogen) atoms. The second kappa shape index (κ2) is 14.9. The number of hydroxylamine groups is 2. The van der Waals surface area contributed by atoms with Gasteiger partial charge in [-0.15, -0.1) is 5.06 Å². The van der Waals surface area contributed by atoms with Gasteiger partial charge >= 0.3 is 0 Å². The summed E-state index contributed by atoms with van der Waals surface area (Å²) >= 11 is 0. The molecular weight excluding hydrogens is 288 g/mol. The topological polar surface area (TPSA) is 104 Å². The fraction of sp³-hybridized carbons (Fsp3) is 1.00. The van der Waals surface area contributed by atoms with Gasteiger partial charge in [0, 0.05) is 43.1 Å². The number of rotatable bonds is 14. The van der Waals surface area contributed by atoms with E-state index in [1.165, 1.54) is 16.3 Å². The first-order valence-corrected chi connectivity index (χ1v) is 9.21. The molecule has 0 aliphatic carbocycles. The van der Waals surface area contributed by atoms with Gasteiger partial charge in [0.2, 0.25) is 0 Å². The Balaban J connectivity index is 0. The Labute approximate surface area is 132 Å². The number of nitrogens with two attached hydrogens (primary N) is 1. The quantitative estimate of drug-likeness (QED) is 0.177. The van der Waals surface area contributed by atoms with Gasteiger partial charge in [0.15, 0.2) is 0 Å². The lowest BCUT2D eigenvalue weighted by molar-refractivity contribution is -0.403. The second-order valence-corrected chi connectivity index (χ2v) is 5.42. The maximum absolute atomic E-state index is 5.92. The van der Waals surface area contributed by atoms with E-state index < -0.39 is 5.91 Å². The summed E-state index contributed by atoms with van der Waals surface area (Å²) in [5.41, 5.74) is 5.54. The highest BCUT2D eigenvalue weighted by atomic mass is 28.1. The van der Waals surface area contributed by atoms with Crippen molar-refractivity contribution in [2.45, 2.75) is 39.1 Å². The molecule has 0 saturated heterocycles. The van der Waals surface area contributed by atoms with Crippen LogP contribution in [0.25, 0.3) is 0 Å². The van der Waals surface area contributed by atoms with Crippen LogP contribution in [0.5, 0.6) is 0 Å². The average Bonchev–Trinajstić information content (AvgIpc) is 2.44. The molecule has 0 radical (unpaired) electrons. The Morgan fingerprint density at radius 1 is 1.14 bits per heavy atom. The smallest absolute Gasteiger partial charge is 0.265 e. The van der Waals surface area contributed by atoms with Crippen LogP contribution < -0.4 is 17.2 Å². The highest BCUT2D eigenvalue weighted by Gasteiger charge is 2.39. The van der Waals surface area contributed by atoms with Gasteiger partial charge in [0.05, 0.1) is 13.2 Å². The van der Waals surface area contributed by atoms with Crippen molar-refractivity contribution >= 4 is 10.2 Å². The van der Waals surface area contributed by atoms with Crippen LogP contribution in [0.2, 0.25) is 6.04 Å². The largest absolute Gasteiger partial charge is 0.344 e. The molecule has 0 rings (SSSR count). The lowest BCUT2D eigenvalue weighted by atomic mass is 10.3. The van der Waals surface area contributed by atoms with Crippen LogP contribution in [0, 0.1) is 0 Å². The molecule has 0 saturated carbocycles. The Morgan fingerprint density at radius 2 is 1.76 bits per heavy atom. The van der Waals surface area contributed by atoms with E-state index in [2.05, 4.69) is 5.32 Å². The normalized spacial score (nSPS) is 11.9. The third kappa shape index (κ3) is 8.84. The van der Waals surface area contributed by atoms with E-state index in [0.29, 0.717) is 32.9 Å². The van der Waals surface area contributed by atoms with Gasteiger partial charge in [0.25, 0.3) is 5.91 Å². The number of nitrogens with zero attached hydrogens (tertiary/aromatic N) is 1. The minimum absolute atomic E-state index is 0. The molecule has 0 aromatic heterocycles. The van der Waals surface area contributed by atoms with Crippen LogP contribution in [-0.2, 0) is 14.3 Å². The van der Waals surface area contributed by atoms with Crippen molar-refractivity contribution in [1.29, 1.82) is 0 Å². The molecule has 0 unspecified atom stereocenters. The van der Waals surface area contributed by atoms with E-state index in [4.69, 9.17) is 20.0 Å². The summed E-state index contributed by atoms with van der Waals surface area (Å²) in [6.45, 7) is 10.3. The zero-order chi connectivity index (χ0) is 15.3. The van der Waals surface area contributed by atoms with Crippen molar-refractivity contribution < 1.29 is 14.3 Å². The number of ether oxygens (including phenoxy) is 2. The molecule has 0 amide bonds. The monoisotopic (exact) mass is 324 g/mol. The van der Waals surface area contributed by atoms with Crippen molar-refractivity contribution in [3.8, 4) is 0 Å². The molecule has 130 valence electrons. The van der Waals surface area contributed by atoms with Crippen LogP contribution in [0.1, 0.15) is 27.2 Å². The lowest BCUT2D eigenvalue weighted by Crippen LogP contribution is -2.59. The van der Waals surface area contributed by atoms with Crippen molar-refractivity contribution in [3.05, 3.63) is 0 Å². The highest BCUT2D eigenvalue weighted by molar-refractivity contribution is 6.08. The van der Waals surface area contributed by atoms with Crippen LogP contribution >= 0.6 is 0 Å². The second-order valence-electron chi connectivity index (χ2n) is 4.42. The van der Waals surface area contributed by atoms with Gasteiger partial charge in [-0.25, -0.2) is 0 Å². The van der Waals surface area contributed by atoms with Crippen molar-refractivity contribution in [2.75, 3.05) is 46.0 Å². The van der Waals surface area contributed by atoms with Gasteiger partial charge < -0.3 is 26.7 Å². The van der Waals surface area contributed by atoms with E-state index in [0.717, 1.165) is 19.5 Å². The summed E-state index contributed by atoms with van der Waals surface area (Å²) in [4.78, 5) is 5.77. The predicted molar refractivity (Wildman–Crippen MR) is 90.6 cm³/mol. The summed E-state index contributed by atoms with van der Waals surface area (Å²) < 4.78 is 11.8. The van der Waals surface area contributed by atoms with E-state index in [9.17, 15) is 0 Å². The molecule has 0 aromatic carbocycles. The standard InChI is InChI=1S/C13H33N3O3Si.H3N/c1-4-17-13(18-5-2,12-15-9-8-14)16(19-6-3)10-7-11-20;/h15H,4-12,14H2,1-3,20H3;1H3. The SMILES string of the molecule is CCON(CCC[SiH3])C(CNCCN)(OCC)OCC.N. The van der Waals surface area contributed by atoms with Crippen LogP contribution in [0.3, 0.4) is 0 Å². The van der Waals surface area contributed by atoms with Crippen LogP contribution in [0.4, 0.5) is 0 Å². The van der Waals surface area contributed by atoms with Gasteiger partial charge in [-0.05, 0) is 27.2 Å². The number of hydrogen-bond acceptors (Lipinski definition) is 7. The molecule has 8 heteroatoms. The number of nitrogens with one attached hydrogen (secondary N) is 1. The lowest BCUT2D eigenvalue weighted by Gasteiger charge is -2.41. The van der Waals surface area contributed by atoms with Gasteiger partial charge in [-0.1, -0.05) is 6.04 Å². The van der Waals surface area contributed by atoms with Gasteiger partial charge in [0.1, 0.15) is 0 Å². The minimum Gasteiger partial charge on any atom is -0.344 e. The van der Waals surface area contributed by atoms with Crippen molar-refractivity contribution in [2.24, 2.45) is 5.73 Å². The van der Waals surface area contributed by atoms with Crippen molar-refractivity contribution in [3.63, 3.8) is 0 Å². The molecule has 7 nitrogen and oxygen atoms in total. The van der Waals surface area contributed by atoms with Gasteiger partial charge in [-0.3, -0.25) is 4.84 Å². The molecule has 6 N–H and O–H groups in total. The Kier molecular flexibility index (Phi) is 16.4. The Hall–Kier alpha value is -0.0631. The molecule has 0 aromatic rings. The zero-order valence-electron chi connectivity index (χ0n) is 14.3. The molecule has 0 atom stereocenters. The van der Waals surface area contributed by atoms with Crippen LogP contribution in [-0.4, -0.2) is 67.2 Å². The maximum Gasteiger partial charge on any atom is 0.265 e. The zero-order valence-corrected chi connectivity index (χ0v) is 16.3. The third-order valence-corrected chi connectivity index (χ3v) is 3.50. The molecule has 0 spiro atoms. The minimum atomic E-state index is -0.870. The van der Waals surface area contributed by atoms with E-state index >= 15 is 0 Å². The highest BCUT2D eigenvalue weighted by Crippen LogP contribution is 2.20. The molecular formula is C13H36N4O3Si. The van der Waals surface area contributed by atoms with E-state index in [-0.39, 0.29) is 6.15 Å². The Bertz CT molecular complexity index is 220. The van der Waals surface area contributed by atoms with Gasteiger partial charge in [-0.2, -0.15) is 0 Å². The summed E-state index contributed by atoms with van der Waals surface area (Å²) in [7, 11) is 1.20. The van der Waals surface area contributed by atoms with Crippen LogP contribution in [0.15, 0.2) is 0 Å². The first-order valence-electron chi connectivity index (χ1n) is 7.79. The molecule has 0 heterocycles. The van der Waals surface area contributed by atoms with Crippen molar-refractivity contribution in [1.82, 2.24) is 16.5 Å². The molecule has 0 aliphatic heterocycles. The first kappa shape index (κ1) is 23.2. The average molecular weight is 325 g/mol. The van der Waals surface area contributed by atoms with E-state index in [1.54, 1.807) is 0 Å². The summed E-state index contributed by atoms with van der Waals surface area (Å²) in [5.74, 6) is -0.870. The molecule has 0 bridgehead atoms. The fourth-order valence-electron chi connectivity index (χ4n) is 1.97. The maximum atomic E-state index is 5.92. The molecule has 0 fully saturated rings. The fourth-order valence-corrected chi connectivity index (χ4v) is 2.28. The number of hydrogen-bond donors (Lipinski definition) is 3. The third-order valence-electron chi connectivity index (χ3n) is 2.79.